The number of halogens is 3. The number of nitrogens with zero attached hydrogens (tertiary/aromatic N) is 2. The number of nitrogens with two attached hydrogens (primary N) is 1. The van der Waals surface area contributed by atoms with Crippen LogP contribution in [0.25, 0.3) is 0 Å². The van der Waals surface area contributed by atoms with E-state index in [1.54, 1.807) is 0 Å². The first kappa shape index (κ1) is 15.8. The summed E-state index contributed by atoms with van der Waals surface area (Å²) in [6.45, 7) is 2.03. The zero-order valence-electron chi connectivity index (χ0n) is 11.3. The Kier molecular flexibility index (Phi) is 5.17. The van der Waals surface area contributed by atoms with Crippen molar-refractivity contribution in [3.05, 3.63) is 39.9 Å². The lowest BCUT2D eigenvalue weighted by atomic mass is 10.1. The van der Waals surface area contributed by atoms with Crippen molar-refractivity contribution in [1.82, 2.24) is 9.97 Å². The summed E-state index contributed by atoms with van der Waals surface area (Å²) in [6.07, 6.45) is 3.00. The van der Waals surface area contributed by atoms with E-state index in [0.29, 0.717) is 17.3 Å². The summed E-state index contributed by atoms with van der Waals surface area (Å²) in [5.41, 5.74) is 3.90. The summed E-state index contributed by atoms with van der Waals surface area (Å²) in [4.78, 5) is 8.25. The lowest BCUT2D eigenvalue weighted by Crippen LogP contribution is -2.13. The number of benzene rings is 1. The number of hydrazine groups is 1. The highest BCUT2D eigenvalue weighted by molar-refractivity contribution is 6.35. The van der Waals surface area contributed by atoms with Crippen molar-refractivity contribution in [3.8, 4) is 0 Å². The molecule has 21 heavy (non-hydrogen) atoms. The van der Waals surface area contributed by atoms with E-state index < -0.39 is 5.82 Å². The summed E-state index contributed by atoms with van der Waals surface area (Å²) in [5.74, 6) is 5.91. The van der Waals surface area contributed by atoms with Gasteiger partial charge in [-0.2, -0.15) is 0 Å². The third kappa shape index (κ3) is 3.53. The molecule has 1 aromatic heterocycles. The highest BCUT2D eigenvalue weighted by Gasteiger charge is 2.12. The zero-order chi connectivity index (χ0) is 15.4. The molecule has 112 valence electrons. The Morgan fingerprint density at radius 1 is 1.19 bits per heavy atom. The minimum atomic E-state index is -0.648. The topological polar surface area (TPSA) is 75.9 Å². The van der Waals surface area contributed by atoms with Crippen LogP contribution in [0.4, 0.5) is 21.7 Å². The van der Waals surface area contributed by atoms with E-state index in [0.717, 1.165) is 18.4 Å². The van der Waals surface area contributed by atoms with Gasteiger partial charge in [0, 0.05) is 11.3 Å². The number of aromatic nitrogens is 2. The van der Waals surface area contributed by atoms with E-state index in [2.05, 4.69) is 20.7 Å². The standard InChI is InChI=1S/C13H14Cl2FN5/c1-2-3-8-12(18-6-19-13(8)21-17)20-7-4-9(14)11(16)10(15)5-7/h4-6H,2-3,17H2,1H3,(H2,18,19,20,21). The second-order valence-corrected chi connectivity index (χ2v) is 5.14. The second-order valence-electron chi connectivity index (χ2n) is 4.32. The third-order valence-electron chi connectivity index (χ3n) is 2.83. The van der Waals surface area contributed by atoms with Crippen LogP contribution in [-0.4, -0.2) is 9.97 Å². The molecule has 0 saturated heterocycles. The minimum Gasteiger partial charge on any atom is -0.340 e. The largest absolute Gasteiger partial charge is 0.340 e. The van der Waals surface area contributed by atoms with Gasteiger partial charge in [-0.1, -0.05) is 36.5 Å². The third-order valence-corrected chi connectivity index (χ3v) is 3.38. The van der Waals surface area contributed by atoms with Gasteiger partial charge in [-0.15, -0.1) is 0 Å². The molecule has 0 atom stereocenters. The van der Waals surface area contributed by atoms with Gasteiger partial charge in [0.25, 0.3) is 0 Å². The molecule has 0 unspecified atom stereocenters. The monoisotopic (exact) mass is 329 g/mol. The lowest BCUT2D eigenvalue weighted by molar-refractivity contribution is 0.629. The number of rotatable bonds is 5. The molecule has 4 N–H and O–H groups in total. The molecule has 0 aliphatic heterocycles. The predicted octanol–water partition coefficient (Wildman–Crippen LogP) is 3.90. The maximum absolute atomic E-state index is 13.4. The fraction of sp³-hybridized carbons (Fsp3) is 0.231. The van der Waals surface area contributed by atoms with Crippen molar-refractivity contribution < 1.29 is 4.39 Å². The van der Waals surface area contributed by atoms with Gasteiger partial charge in [0.15, 0.2) is 5.82 Å². The Morgan fingerprint density at radius 2 is 1.81 bits per heavy atom. The van der Waals surface area contributed by atoms with E-state index in [9.17, 15) is 4.39 Å². The quantitative estimate of drug-likeness (QED) is 0.440. The second kappa shape index (κ2) is 6.89. The van der Waals surface area contributed by atoms with Crippen molar-refractivity contribution in [3.63, 3.8) is 0 Å². The Hall–Kier alpha value is -1.63. The summed E-state index contributed by atoms with van der Waals surface area (Å²) in [7, 11) is 0. The van der Waals surface area contributed by atoms with E-state index in [-0.39, 0.29) is 10.0 Å². The molecule has 0 bridgehead atoms. The molecule has 0 amide bonds. The van der Waals surface area contributed by atoms with Gasteiger partial charge in [0.2, 0.25) is 0 Å². The average Bonchev–Trinajstić information content (AvgIpc) is 2.46. The van der Waals surface area contributed by atoms with Gasteiger partial charge >= 0.3 is 0 Å². The first-order valence-corrected chi connectivity index (χ1v) is 7.04. The lowest BCUT2D eigenvalue weighted by Gasteiger charge is -2.14. The van der Waals surface area contributed by atoms with Gasteiger partial charge < -0.3 is 10.7 Å². The number of hydrogen-bond acceptors (Lipinski definition) is 5. The van der Waals surface area contributed by atoms with Gasteiger partial charge in [0.05, 0.1) is 10.0 Å². The van der Waals surface area contributed by atoms with Crippen molar-refractivity contribution in [2.75, 3.05) is 10.7 Å². The Labute approximate surface area is 131 Å². The van der Waals surface area contributed by atoms with Crippen LogP contribution in [0.5, 0.6) is 0 Å². The van der Waals surface area contributed by atoms with Gasteiger partial charge in [0.1, 0.15) is 18.0 Å². The number of nitrogens with one attached hydrogen (secondary N) is 2. The molecule has 0 aliphatic carbocycles. The van der Waals surface area contributed by atoms with Crippen LogP contribution in [-0.2, 0) is 6.42 Å². The normalized spacial score (nSPS) is 10.5. The van der Waals surface area contributed by atoms with E-state index in [4.69, 9.17) is 29.0 Å². The molecule has 0 fully saturated rings. The molecule has 1 heterocycles. The fourth-order valence-corrected chi connectivity index (χ4v) is 2.38. The molecule has 8 heteroatoms. The first-order valence-electron chi connectivity index (χ1n) is 6.28. The maximum Gasteiger partial charge on any atom is 0.160 e. The van der Waals surface area contributed by atoms with Crippen LogP contribution >= 0.6 is 23.2 Å². The summed E-state index contributed by atoms with van der Waals surface area (Å²) >= 11 is 11.6. The van der Waals surface area contributed by atoms with Gasteiger partial charge in [-0.3, -0.25) is 0 Å². The number of hydrogen-bond donors (Lipinski definition) is 3. The van der Waals surface area contributed by atoms with Crippen LogP contribution in [0.1, 0.15) is 18.9 Å². The highest BCUT2D eigenvalue weighted by atomic mass is 35.5. The summed E-state index contributed by atoms with van der Waals surface area (Å²) < 4.78 is 13.4. The molecule has 2 aromatic rings. The Bertz CT molecular complexity index is 627. The maximum atomic E-state index is 13.4. The molecular formula is C13H14Cl2FN5. The molecule has 0 aliphatic rings. The van der Waals surface area contributed by atoms with E-state index >= 15 is 0 Å². The summed E-state index contributed by atoms with van der Waals surface area (Å²) in [6, 6.07) is 2.88. The SMILES string of the molecule is CCCc1c(NN)ncnc1Nc1cc(Cl)c(F)c(Cl)c1. The van der Waals surface area contributed by atoms with Crippen molar-refractivity contribution >= 4 is 40.5 Å². The number of anilines is 3. The van der Waals surface area contributed by atoms with Crippen molar-refractivity contribution in [2.24, 2.45) is 5.84 Å². The van der Waals surface area contributed by atoms with Gasteiger partial charge in [-0.25, -0.2) is 20.2 Å². The van der Waals surface area contributed by atoms with Crippen molar-refractivity contribution in [1.29, 1.82) is 0 Å². The molecule has 0 radical (unpaired) electrons. The predicted molar refractivity (Wildman–Crippen MR) is 83.5 cm³/mol. The van der Waals surface area contributed by atoms with Crippen LogP contribution in [0.3, 0.4) is 0 Å². The zero-order valence-corrected chi connectivity index (χ0v) is 12.8. The van der Waals surface area contributed by atoms with Crippen LogP contribution < -0.4 is 16.6 Å². The Balaban J connectivity index is 2.39. The summed E-state index contributed by atoms with van der Waals surface area (Å²) in [5, 5.41) is 2.94. The Morgan fingerprint density at radius 3 is 2.38 bits per heavy atom. The number of nitrogen functional groups attached to an aromatic ring is 1. The van der Waals surface area contributed by atoms with E-state index in [1.165, 1.54) is 18.5 Å². The smallest absolute Gasteiger partial charge is 0.160 e. The molecule has 0 saturated carbocycles. The molecule has 2 rings (SSSR count). The molecule has 0 spiro atoms. The molecular weight excluding hydrogens is 316 g/mol. The van der Waals surface area contributed by atoms with Crippen molar-refractivity contribution in [2.45, 2.75) is 19.8 Å². The minimum absolute atomic E-state index is 0.0618. The average molecular weight is 330 g/mol. The van der Waals surface area contributed by atoms with Crippen LogP contribution in [0.2, 0.25) is 10.0 Å². The van der Waals surface area contributed by atoms with Crippen LogP contribution in [0, 0.1) is 5.82 Å². The van der Waals surface area contributed by atoms with Crippen LogP contribution in [0.15, 0.2) is 18.5 Å². The fourth-order valence-electron chi connectivity index (χ4n) is 1.90. The molecule has 5 nitrogen and oxygen atoms in total. The first-order chi connectivity index (χ1) is 10.1. The molecule has 1 aromatic carbocycles. The van der Waals surface area contributed by atoms with Gasteiger partial charge in [-0.05, 0) is 18.6 Å². The highest BCUT2D eigenvalue weighted by Crippen LogP contribution is 2.30. The van der Waals surface area contributed by atoms with E-state index in [1.807, 2.05) is 6.92 Å².